The molecule has 0 atom stereocenters. The maximum absolute atomic E-state index is 12.1. The molecule has 0 unspecified atom stereocenters. The predicted octanol–water partition coefficient (Wildman–Crippen LogP) is 4.07. The summed E-state index contributed by atoms with van der Waals surface area (Å²) >= 11 is 1.46. The molecule has 0 spiro atoms. The van der Waals surface area contributed by atoms with Crippen molar-refractivity contribution in [2.75, 3.05) is 0 Å². The number of halogens is 3. The van der Waals surface area contributed by atoms with Crippen molar-refractivity contribution in [2.45, 2.75) is 12.8 Å². The van der Waals surface area contributed by atoms with Crippen LogP contribution in [-0.4, -0.2) is 12.1 Å². The molecule has 2 rings (SSSR count). The molecule has 19 heavy (non-hydrogen) atoms. The number of alkyl halides is 3. The van der Waals surface area contributed by atoms with Crippen LogP contribution in [0, 0.1) is 0 Å². The van der Waals surface area contributed by atoms with Crippen LogP contribution >= 0.6 is 11.3 Å². The Bertz CT molecular complexity index is 562. The predicted molar refractivity (Wildman–Crippen MR) is 65.5 cm³/mol. The Morgan fingerprint density at radius 2 is 2.05 bits per heavy atom. The number of ether oxygens (including phenoxy) is 1. The number of benzene rings is 1. The molecule has 0 radical (unpaired) electrons. The lowest BCUT2D eigenvalue weighted by Crippen LogP contribution is -2.17. The average molecular weight is 286 g/mol. The second-order valence-electron chi connectivity index (χ2n) is 3.81. The van der Waals surface area contributed by atoms with Crippen LogP contribution in [0.1, 0.15) is 15.9 Å². The Hall–Kier alpha value is -1.82. The van der Waals surface area contributed by atoms with Gasteiger partial charge in [0.05, 0.1) is 0 Å². The molecule has 100 valence electrons. The SMILES string of the molecule is O=C(Cc1ccsc1)c1cccc(OC(F)(F)F)c1. The van der Waals surface area contributed by atoms with Crippen LogP contribution in [0.25, 0.3) is 0 Å². The van der Waals surface area contributed by atoms with Crippen molar-refractivity contribution in [1.29, 1.82) is 0 Å². The van der Waals surface area contributed by atoms with Gasteiger partial charge in [-0.2, -0.15) is 11.3 Å². The first-order valence-corrected chi connectivity index (χ1v) is 6.28. The first kappa shape index (κ1) is 13.6. The van der Waals surface area contributed by atoms with E-state index in [0.717, 1.165) is 17.7 Å². The number of rotatable bonds is 4. The first-order chi connectivity index (χ1) is 8.94. The van der Waals surface area contributed by atoms with Gasteiger partial charge in [0.25, 0.3) is 0 Å². The number of carbonyl (C=O) groups excluding carboxylic acids is 1. The molecule has 1 heterocycles. The third-order valence-electron chi connectivity index (χ3n) is 2.33. The van der Waals surface area contributed by atoms with Gasteiger partial charge in [-0.1, -0.05) is 12.1 Å². The summed E-state index contributed by atoms with van der Waals surface area (Å²) in [5.74, 6) is -0.630. The van der Waals surface area contributed by atoms with Crippen molar-refractivity contribution in [1.82, 2.24) is 0 Å². The highest BCUT2D eigenvalue weighted by Crippen LogP contribution is 2.24. The van der Waals surface area contributed by atoms with Crippen molar-refractivity contribution in [3.63, 3.8) is 0 Å². The zero-order chi connectivity index (χ0) is 13.9. The van der Waals surface area contributed by atoms with E-state index in [9.17, 15) is 18.0 Å². The number of carbonyl (C=O) groups is 1. The van der Waals surface area contributed by atoms with Gasteiger partial charge in [0.2, 0.25) is 0 Å². The summed E-state index contributed by atoms with van der Waals surface area (Å²) in [6.07, 6.45) is -4.59. The van der Waals surface area contributed by atoms with E-state index >= 15 is 0 Å². The van der Waals surface area contributed by atoms with Crippen LogP contribution in [0.15, 0.2) is 41.1 Å². The molecule has 1 aromatic heterocycles. The van der Waals surface area contributed by atoms with Crippen molar-refractivity contribution in [2.24, 2.45) is 0 Å². The highest BCUT2D eigenvalue weighted by Gasteiger charge is 2.31. The quantitative estimate of drug-likeness (QED) is 0.792. The van der Waals surface area contributed by atoms with Crippen molar-refractivity contribution in [3.05, 3.63) is 52.2 Å². The Morgan fingerprint density at radius 3 is 2.68 bits per heavy atom. The van der Waals surface area contributed by atoms with Crippen molar-refractivity contribution >= 4 is 17.1 Å². The third-order valence-corrected chi connectivity index (χ3v) is 3.07. The molecular formula is C13H9F3O2S. The normalized spacial score (nSPS) is 11.3. The summed E-state index contributed by atoms with van der Waals surface area (Å²) in [6, 6.07) is 6.90. The summed E-state index contributed by atoms with van der Waals surface area (Å²) in [4.78, 5) is 11.9. The van der Waals surface area contributed by atoms with E-state index in [1.54, 1.807) is 6.07 Å². The molecule has 0 fully saturated rings. The van der Waals surface area contributed by atoms with Gasteiger partial charge in [-0.05, 0) is 34.5 Å². The van der Waals surface area contributed by atoms with Crippen LogP contribution in [0.5, 0.6) is 5.75 Å². The first-order valence-electron chi connectivity index (χ1n) is 5.34. The smallest absolute Gasteiger partial charge is 0.406 e. The van der Waals surface area contributed by atoms with Gasteiger partial charge in [0, 0.05) is 12.0 Å². The fraction of sp³-hybridized carbons (Fsp3) is 0.154. The van der Waals surface area contributed by atoms with E-state index in [2.05, 4.69) is 4.74 Å². The van der Waals surface area contributed by atoms with Gasteiger partial charge in [0.1, 0.15) is 5.75 Å². The molecule has 1 aromatic carbocycles. The zero-order valence-corrected chi connectivity index (χ0v) is 10.4. The standard InChI is InChI=1S/C13H9F3O2S/c14-13(15,16)18-11-3-1-2-10(7-11)12(17)6-9-4-5-19-8-9/h1-5,7-8H,6H2. The van der Waals surface area contributed by atoms with Crippen LogP contribution in [0.3, 0.4) is 0 Å². The number of ketones is 1. The fourth-order valence-corrected chi connectivity index (χ4v) is 2.22. The lowest BCUT2D eigenvalue weighted by Gasteiger charge is -2.09. The van der Waals surface area contributed by atoms with E-state index < -0.39 is 6.36 Å². The Balaban J connectivity index is 2.12. The maximum Gasteiger partial charge on any atom is 0.573 e. The van der Waals surface area contributed by atoms with E-state index in [-0.39, 0.29) is 23.5 Å². The average Bonchev–Trinajstić information content (AvgIpc) is 2.80. The molecule has 0 amide bonds. The lowest BCUT2D eigenvalue weighted by atomic mass is 10.1. The van der Waals surface area contributed by atoms with Gasteiger partial charge in [-0.3, -0.25) is 4.79 Å². The topological polar surface area (TPSA) is 26.3 Å². The highest BCUT2D eigenvalue weighted by atomic mass is 32.1. The Morgan fingerprint density at radius 1 is 1.26 bits per heavy atom. The summed E-state index contributed by atoms with van der Waals surface area (Å²) in [7, 11) is 0. The largest absolute Gasteiger partial charge is 0.573 e. The van der Waals surface area contributed by atoms with Gasteiger partial charge in [0.15, 0.2) is 5.78 Å². The molecule has 0 bridgehead atoms. The summed E-state index contributed by atoms with van der Waals surface area (Å²) in [5, 5.41) is 3.67. The summed E-state index contributed by atoms with van der Waals surface area (Å²) < 4.78 is 40.0. The number of Topliss-reactive ketones (excluding diaryl/α,β-unsaturated/α-hetero) is 1. The molecular weight excluding hydrogens is 277 g/mol. The molecule has 0 aliphatic carbocycles. The summed E-state index contributed by atoms with van der Waals surface area (Å²) in [5.41, 5.74) is 1.05. The molecule has 6 heteroatoms. The minimum Gasteiger partial charge on any atom is -0.406 e. The lowest BCUT2D eigenvalue weighted by molar-refractivity contribution is -0.274. The van der Waals surface area contributed by atoms with Crippen LogP contribution in [0.4, 0.5) is 13.2 Å². The van der Waals surface area contributed by atoms with E-state index in [1.807, 2.05) is 10.8 Å². The molecule has 0 aliphatic heterocycles. The van der Waals surface area contributed by atoms with Crippen molar-refractivity contribution < 1.29 is 22.7 Å². The van der Waals surface area contributed by atoms with Crippen molar-refractivity contribution in [3.8, 4) is 5.75 Å². The highest BCUT2D eigenvalue weighted by molar-refractivity contribution is 7.08. The van der Waals surface area contributed by atoms with Gasteiger partial charge in [-0.25, -0.2) is 0 Å². The second-order valence-corrected chi connectivity index (χ2v) is 4.59. The van der Waals surface area contributed by atoms with E-state index in [0.29, 0.717) is 0 Å². The Kier molecular flexibility index (Phi) is 3.90. The van der Waals surface area contributed by atoms with E-state index in [4.69, 9.17) is 0 Å². The molecule has 0 saturated heterocycles. The third kappa shape index (κ3) is 4.10. The number of thiophene rings is 1. The molecule has 2 aromatic rings. The summed E-state index contributed by atoms with van der Waals surface area (Å²) in [6.45, 7) is 0. The zero-order valence-electron chi connectivity index (χ0n) is 9.61. The molecule has 0 N–H and O–H groups in total. The molecule has 0 aliphatic rings. The number of hydrogen-bond acceptors (Lipinski definition) is 3. The van der Waals surface area contributed by atoms with Gasteiger partial charge >= 0.3 is 6.36 Å². The number of hydrogen-bond donors (Lipinski definition) is 0. The van der Waals surface area contributed by atoms with E-state index in [1.165, 1.54) is 23.5 Å². The fourth-order valence-electron chi connectivity index (χ4n) is 1.55. The van der Waals surface area contributed by atoms with Gasteiger partial charge < -0.3 is 4.74 Å². The monoisotopic (exact) mass is 286 g/mol. The van der Waals surface area contributed by atoms with Crippen LogP contribution in [-0.2, 0) is 6.42 Å². The van der Waals surface area contributed by atoms with Gasteiger partial charge in [-0.15, -0.1) is 13.2 Å². The minimum absolute atomic E-state index is 0.166. The minimum atomic E-state index is -4.75. The molecule has 2 nitrogen and oxygen atoms in total. The Labute approximate surface area is 111 Å². The van der Waals surface area contributed by atoms with Crippen LogP contribution in [0.2, 0.25) is 0 Å². The van der Waals surface area contributed by atoms with Crippen LogP contribution < -0.4 is 4.74 Å². The maximum atomic E-state index is 12.1. The molecule has 0 saturated carbocycles. The second kappa shape index (κ2) is 5.44.